The van der Waals surface area contributed by atoms with Gasteiger partial charge in [0.05, 0.1) is 0 Å². The summed E-state index contributed by atoms with van der Waals surface area (Å²) in [5.41, 5.74) is 0.789. The number of nitrogens with one attached hydrogen (secondary N) is 1. The highest BCUT2D eigenvalue weighted by Gasteiger charge is 2.20. The number of ketones is 1. The fourth-order valence-electron chi connectivity index (χ4n) is 4.34. The number of aldehydes is 2. The molecule has 0 aliphatic heterocycles. The Morgan fingerprint density at radius 2 is 1.36 bits per heavy atom. The summed E-state index contributed by atoms with van der Waals surface area (Å²) in [6.07, 6.45) is 13.3. The van der Waals surface area contributed by atoms with Gasteiger partial charge in [-0.15, -0.1) is 0 Å². The fourth-order valence-corrected chi connectivity index (χ4v) is 9.24. The Morgan fingerprint density at radius 1 is 0.756 bits per heavy atom. The van der Waals surface area contributed by atoms with Gasteiger partial charge >= 0.3 is 0 Å². The predicted molar refractivity (Wildman–Crippen MR) is 207 cm³/mol. The molecular formula is C36H69NO4S4. The fraction of sp³-hybridized carbons (Fsp3) is 0.889. The van der Waals surface area contributed by atoms with Gasteiger partial charge in [-0.05, 0) is 63.2 Å². The lowest BCUT2D eigenvalue weighted by Crippen LogP contribution is -2.28. The Morgan fingerprint density at radius 3 is 1.93 bits per heavy atom. The van der Waals surface area contributed by atoms with Gasteiger partial charge in [-0.2, -0.15) is 0 Å². The van der Waals surface area contributed by atoms with Gasteiger partial charge in [-0.25, -0.2) is 0 Å². The van der Waals surface area contributed by atoms with Crippen molar-refractivity contribution in [3.05, 3.63) is 0 Å². The van der Waals surface area contributed by atoms with Gasteiger partial charge in [0.15, 0.2) is 0 Å². The van der Waals surface area contributed by atoms with E-state index in [2.05, 4.69) is 67.6 Å². The minimum atomic E-state index is -0.497. The van der Waals surface area contributed by atoms with Crippen LogP contribution >= 0.6 is 43.2 Å². The van der Waals surface area contributed by atoms with Crippen LogP contribution < -0.4 is 5.32 Å². The zero-order chi connectivity index (χ0) is 36.4. The van der Waals surface area contributed by atoms with Crippen LogP contribution in [0.3, 0.4) is 0 Å². The van der Waals surface area contributed by atoms with Crippen molar-refractivity contribution in [1.82, 2.24) is 5.32 Å². The molecule has 0 aromatic heterocycles. The van der Waals surface area contributed by atoms with E-state index < -0.39 is 12.5 Å². The highest BCUT2D eigenvalue weighted by Crippen LogP contribution is 2.39. The third-order valence-corrected chi connectivity index (χ3v) is 15.4. The average Bonchev–Trinajstić information content (AvgIpc) is 3.03. The van der Waals surface area contributed by atoms with Gasteiger partial charge in [0.1, 0.15) is 21.0 Å². The number of carbonyl (C=O) groups excluding carboxylic acids is 4. The average molecular weight is 710 g/mol. The smallest absolute Gasteiger partial charge is 0.220 e. The maximum Gasteiger partial charge on any atom is 0.220 e. The van der Waals surface area contributed by atoms with Crippen LogP contribution in [0.4, 0.5) is 0 Å². The Hall–Kier alpha value is -0.120. The van der Waals surface area contributed by atoms with Crippen molar-refractivity contribution in [2.24, 2.45) is 10.8 Å². The molecule has 1 amide bonds. The van der Waals surface area contributed by atoms with E-state index in [1.54, 1.807) is 43.2 Å². The molecule has 0 saturated heterocycles. The third-order valence-electron chi connectivity index (χ3n) is 9.05. The van der Waals surface area contributed by atoms with Crippen molar-refractivity contribution in [2.45, 2.75) is 175 Å². The van der Waals surface area contributed by atoms with Crippen molar-refractivity contribution in [2.75, 3.05) is 18.1 Å². The number of unbranched alkanes of at least 4 members (excludes halogenated alkanes) is 1. The summed E-state index contributed by atoms with van der Waals surface area (Å²) in [7, 11) is 6.86. The van der Waals surface area contributed by atoms with Gasteiger partial charge in [-0.1, -0.05) is 124 Å². The molecule has 0 saturated carbocycles. The molecule has 45 heavy (non-hydrogen) atoms. The molecule has 1 unspecified atom stereocenters. The van der Waals surface area contributed by atoms with E-state index in [1.165, 1.54) is 19.3 Å². The molecule has 5 nitrogen and oxygen atoms in total. The molecule has 1 atom stereocenters. The van der Waals surface area contributed by atoms with Crippen LogP contribution in [-0.2, 0) is 19.2 Å². The van der Waals surface area contributed by atoms with Crippen molar-refractivity contribution in [3.63, 3.8) is 0 Å². The lowest BCUT2D eigenvalue weighted by Gasteiger charge is -2.26. The highest BCUT2D eigenvalue weighted by molar-refractivity contribution is 8.77. The summed E-state index contributed by atoms with van der Waals surface area (Å²) < 4.78 is 13.8. The molecule has 266 valence electrons. The molecule has 0 aliphatic carbocycles. The molecule has 0 aromatic rings. The first-order valence-corrected chi connectivity index (χ1v) is 22.0. The molecule has 0 aromatic carbocycles. The zero-order valence-corrected chi connectivity index (χ0v) is 33.5. The quantitative estimate of drug-likeness (QED) is 0.0467. The number of hydrogen-bond acceptors (Lipinski definition) is 8. The maximum absolute atomic E-state index is 11.9. The summed E-state index contributed by atoms with van der Waals surface area (Å²) in [4.78, 5) is 45.1. The lowest BCUT2D eigenvalue weighted by molar-refractivity contribution is -0.121. The molecule has 0 rings (SSSR count). The molecule has 0 spiro atoms. The molecule has 0 aliphatic rings. The summed E-state index contributed by atoms with van der Waals surface area (Å²) in [5, 5.41) is 3.46. The lowest BCUT2D eigenvalue weighted by atomic mass is 9.80. The van der Waals surface area contributed by atoms with Gasteiger partial charge in [0.2, 0.25) is 5.91 Å². The molecular weight excluding hydrogens is 639 g/mol. The Balaban J connectivity index is 0. The van der Waals surface area contributed by atoms with Crippen LogP contribution in [0.2, 0.25) is 0 Å². The van der Waals surface area contributed by atoms with Crippen LogP contribution in [0.1, 0.15) is 168 Å². The van der Waals surface area contributed by atoms with Gasteiger partial charge in [0, 0.05) is 60.2 Å². The van der Waals surface area contributed by atoms with Crippen molar-refractivity contribution < 1.29 is 21.9 Å². The van der Waals surface area contributed by atoms with Crippen LogP contribution in [0.25, 0.3) is 0 Å². The zero-order valence-electron chi connectivity index (χ0n) is 32.3. The molecule has 9 heteroatoms. The first-order chi connectivity index (χ1) is 22.0. The molecule has 0 radical (unpaired) electrons. The minimum absolute atomic E-state index is 0.00556. The topological polar surface area (TPSA) is 80.3 Å². The number of carbonyl (C=O) groups is 4. The van der Waals surface area contributed by atoms with Gasteiger partial charge in [-0.3, -0.25) is 9.59 Å². The minimum Gasteiger partial charge on any atom is -0.356 e. The van der Waals surface area contributed by atoms with Crippen LogP contribution in [0.15, 0.2) is 0 Å². The second-order valence-corrected chi connectivity index (χ2v) is 19.5. The summed E-state index contributed by atoms with van der Waals surface area (Å²) in [5.74, 6) is 2.16. The van der Waals surface area contributed by atoms with Gasteiger partial charge in [0.25, 0.3) is 0 Å². The van der Waals surface area contributed by atoms with Crippen LogP contribution in [-0.4, -0.2) is 52.3 Å². The van der Waals surface area contributed by atoms with E-state index >= 15 is 0 Å². The molecule has 0 fully saturated rings. The third kappa shape index (κ3) is 28.6. The van der Waals surface area contributed by atoms with Crippen LogP contribution in [0.5, 0.6) is 0 Å². The van der Waals surface area contributed by atoms with E-state index in [4.69, 9.17) is 2.74 Å². The van der Waals surface area contributed by atoms with E-state index in [-0.39, 0.29) is 10.7 Å². The van der Waals surface area contributed by atoms with Gasteiger partial charge < -0.3 is 14.9 Å². The molecule has 0 heterocycles. The van der Waals surface area contributed by atoms with Crippen molar-refractivity contribution >= 4 is 67.4 Å². The number of rotatable bonds is 29. The number of amides is 1. The van der Waals surface area contributed by atoms with E-state index in [0.717, 1.165) is 70.1 Å². The van der Waals surface area contributed by atoms with E-state index in [0.29, 0.717) is 53.3 Å². The standard InChI is InChI=1S/C18H35NO2S2.C18H34O2S2/c1-6-18(5,7-2)12-13-19-16(21)10-8-15-22-23-17(3,4)11-9-14-20;1-5-18(4,6-2)13-8-7-10-17(20)12-11-16(3)22-21-15-9-14-19/h14H,6-13,15H2,1-5H3,(H,19,21);14,16H,5-13,15H2,1-4H3/i2*14D. The first kappa shape index (κ1) is 42.9. The first-order valence-electron chi connectivity index (χ1n) is 18.3. The predicted octanol–water partition coefficient (Wildman–Crippen LogP) is 11.3. The number of Topliss-reactive ketones (excluding diaryl/α,β-unsaturated/α-hetero) is 1. The largest absolute Gasteiger partial charge is 0.356 e. The summed E-state index contributed by atoms with van der Waals surface area (Å²) >= 11 is 0. The highest BCUT2D eigenvalue weighted by atomic mass is 33.1. The molecule has 1 N–H and O–H groups in total. The monoisotopic (exact) mass is 709 g/mol. The summed E-state index contributed by atoms with van der Waals surface area (Å²) in [6.45, 7) is 20.6. The second kappa shape index (κ2) is 28.9. The Labute approximate surface area is 297 Å². The normalized spacial score (nSPS) is 13.3. The second-order valence-electron chi connectivity index (χ2n) is 13.5. The van der Waals surface area contributed by atoms with Crippen molar-refractivity contribution in [3.8, 4) is 0 Å². The summed E-state index contributed by atoms with van der Waals surface area (Å²) in [6, 6.07) is 0. The Bertz CT molecular complexity index is 868. The van der Waals surface area contributed by atoms with Crippen molar-refractivity contribution in [1.29, 1.82) is 0 Å². The SMILES string of the molecule is [2H]C(=O)CCC(C)(C)SSCCCC(=O)NCCC(C)(CC)CC.[2H]C(=O)CCSSC(C)CCC(=O)CCCCC(C)(CC)CC. The molecule has 0 bridgehead atoms. The Kier molecular flexibility index (Phi) is 27.5. The van der Waals surface area contributed by atoms with E-state index in [9.17, 15) is 19.2 Å². The number of hydrogen-bond donors (Lipinski definition) is 1. The maximum atomic E-state index is 11.9. The van der Waals surface area contributed by atoms with Crippen LogP contribution in [0, 0.1) is 10.8 Å². The van der Waals surface area contributed by atoms with E-state index in [1.807, 2.05) is 0 Å².